The Morgan fingerprint density at radius 3 is 1.92 bits per heavy atom. The third kappa shape index (κ3) is 5.89. The van der Waals surface area contributed by atoms with Gasteiger partial charge < -0.3 is 10.2 Å². The Labute approximate surface area is 73.5 Å². The summed E-state index contributed by atoms with van der Waals surface area (Å²) in [7, 11) is 0. The third-order valence-corrected chi connectivity index (χ3v) is 1.31. The first kappa shape index (κ1) is 11.1. The van der Waals surface area contributed by atoms with Gasteiger partial charge in [-0.2, -0.15) is 0 Å². The zero-order valence-corrected chi connectivity index (χ0v) is 7.78. The first-order chi connectivity index (χ1) is 5.54. The normalized spacial score (nSPS) is 12.7. The van der Waals surface area contributed by atoms with Crippen LogP contribution in [0.1, 0.15) is 20.8 Å². The summed E-state index contributed by atoms with van der Waals surface area (Å²) < 4.78 is 0. The number of hydrogen-bond donors (Lipinski definition) is 2. The second-order valence-corrected chi connectivity index (χ2v) is 2.91. The number of aliphatic hydroxyl groups is 2. The first-order valence-electron chi connectivity index (χ1n) is 3.88. The molecule has 0 saturated heterocycles. The van der Waals surface area contributed by atoms with E-state index in [-0.39, 0.29) is 0 Å². The van der Waals surface area contributed by atoms with Crippen molar-refractivity contribution < 1.29 is 10.2 Å². The summed E-state index contributed by atoms with van der Waals surface area (Å²) in [6.45, 7) is 5.67. The zero-order valence-electron chi connectivity index (χ0n) is 7.78. The van der Waals surface area contributed by atoms with Crippen LogP contribution in [0.15, 0.2) is 35.5 Å². The van der Waals surface area contributed by atoms with Crippen LogP contribution in [0, 0.1) is 0 Å². The fourth-order valence-electron chi connectivity index (χ4n) is 0.541. The molecule has 0 amide bonds. The molecule has 0 saturated carbocycles. The summed E-state index contributed by atoms with van der Waals surface area (Å²) in [5, 5.41) is 17.3. The number of rotatable bonds is 3. The summed E-state index contributed by atoms with van der Waals surface area (Å²) in [5.41, 5.74) is 1.75. The predicted molar refractivity (Wildman–Crippen MR) is 50.6 cm³/mol. The number of allylic oxidation sites excluding steroid dienone is 5. The van der Waals surface area contributed by atoms with Crippen LogP contribution in [-0.4, -0.2) is 16.5 Å². The van der Waals surface area contributed by atoms with Crippen molar-refractivity contribution in [3.8, 4) is 0 Å². The zero-order chi connectivity index (χ0) is 9.56. The average molecular weight is 168 g/mol. The highest BCUT2D eigenvalue weighted by Crippen LogP contribution is 1.98. The van der Waals surface area contributed by atoms with Gasteiger partial charge in [-0.15, -0.1) is 0 Å². The lowest BCUT2D eigenvalue weighted by atomic mass is 10.2. The number of hydrogen-bond acceptors (Lipinski definition) is 2. The molecule has 0 aromatic rings. The van der Waals surface area contributed by atoms with Crippen LogP contribution < -0.4 is 0 Å². The summed E-state index contributed by atoms with van der Waals surface area (Å²) in [6.07, 6.45) is 5.92. The smallest absolute Gasteiger partial charge is 0.174 e. The minimum absolute atomic E-state index is 0.536. The van der Waals surface area contributed by atoms with E-state index in [2.05, 4.69) is 0 Å². The van der Waals surface area contributed by atoms with E-state index in [1.165, 1.54) is 5.57 Å². The van der Waals surface area contributed by atoms with Crippen molar-refractivity contribution in [3.63, 3.8) is 0 Å². The molecule has 0 aliphatic rings. The van der Waals surface area contributed by atoms with E-state index in [9.17, 15) is 0 Å². The van der Waals surface area contributed by atoms with E-state index in [1.54, 1.807) is 19.1 Å². The molecular weight excluding hydrogens is 152 g/mol. The largest absolute Gasteiger partial charge is 0.365 e. The molecule has 2 heteroatoms. The molecule has 2 nitrogen and oxygen atoms in total. The fraction of sp³-hybridized carbons (Fsp3) is 0.400. The molecule has 0 unspecified atom stereocenters. The third-order valence-electron chi connectivity index (χ3n) is 1.31. The van der Waals surface area contributed by atoms with E-state index < -0.39 is 6.29 Å². The molecule has 0 aliphatic carbocycles. The van der Waals surface area contributed by atoms with E-state index in [1.807, 2.05) is 26.0 Å². The standard InChI is InChI=1S/C10H16O2/c1-8(2)6-4-5-7-9(3)10(11)12/h4-7,10-12H,1-3H3/b5-4+,9-7+. The maximum Gasteiger partial charge on any atom is 0.174 e. The highest BCUT2D eigenvalue weighted by Gasteiger charge is 1.95. The molecule has 0 rings (SSSR count). The lowest BCUT2D eigenvalue weighted by Gasteiger charge is -1.99. The van der Waals surface area contributed by atoms with Crippen molar-refractivity contribution in [2.24, 2.45) is 0 Å². The highest BCUT2D eigenvalue weighted by molar-refractivity contribution is 5.17. The molecule has 0 heterocycles. The number of aliphatic hydroxyl groups excluding tert-OH is 1. The molecule has 0 aromatic heterocycles. The minimum atomic E-state index is -1.35. The molecule has 0 radical (unpaired) electrons. The lowest BCUT2D eigenvalue weighted by Crippen LogP contribution is -2.04. The Kier molecular flexibility index (Phi) is 5.34. The molecule has 12 heavy (non-hydrogen) atoms. The van der Waals surface area contributed by atoms with E-state index in [4.69, 9.17) is 10.2 Å². The second-order valence-electron chi connectivity index (χ2n) is 2.91. The van der Waals surface area contributed by atoms with Gasteiger partial charge in [-0.3, -0.25) is 0 Å². The Bertz CT molecular complexity index is 206. The Morgan fingerprint density at radius 1 is 1.00 bits per heavy atom. The van der Waals surface area contributed by atoms with Crippen molar-refractivity contribution in [3.05, 3.63) is 35.5 Å². The molecule has 0 atom stereocenters. The van der Waals surface area contributed by atoms with Crippen LogP contribution in [0.5, 0.6) is 0 Å². The van der Waals surface area contributed by atoms with Crippen LogP contribution in [-0.2, 0) is 0 Å². The molecule has 0 spiro atoms. The van der Waals surface area contributed by atoms with Gasteiger partial charge in [-0.1, -0.05) is 29.9 Å². The highest BCUT2D eigenvalue weighted by atomic mass is 16.5. The van der Waals surface area contributed by atoms with E-state index >= 15 is 0 Å². The summed E-state index contributed by atoms with van der Waals surface area (Å²) >= 11 is 0. The van der Waals surface area contributed by atoms with Gasteiger partial charge >= 0.3 is 0 Å². The second kappa shape index (κ2) is 5.75. The summed E-state index contributed by atoms with van der Waals surface area (Å²) in [5.74, 6) is 0. The van der Waals surface area contributed by atoms with Crippen LogP contribution in [0.25, 0.3) is 0 Å². The minimum Gasteiger partial charge on any atom is -0.365 e. The van der Waals surface area contributed by atoms with Crippen LogP contribution in [0.3, 0.4) is 0 Å². The molecular formula is C10H16O2. The van der Waals surface area contributed by atoms with Crippen molar-refractivity contribution >= 4 is 0 Å². The summed E-state index contributed by atoms with van der Waals surface area (Å²) in [6, 6.07) is 0. The van der Waals surface area contributed by atoms with Gasteiger partial charge in [0.25, 0.3) is 0 Å². The molecule has 0 fully saturated rings. The van der Waals surface area contributed by atoms with Crippen LogP contribution in [0.2, 0.25) is 0 Å². The maximum atomic E-state index is 8.67. The van der Waals surface area contributed by atoms with E-state index in [0.717, 1.165) is 0 Å². The molecule has 2 N–H and O–H groups in total. The predicted octanol–water partition coefficient (Wildman–Crippen LogP) is 1.77. The first-order valence-corrected chi connectivity index (χ1v) is 3.88. The van der Waals surface area contributed by atoms with Gasteiger partial charge in [0, 0.05) is 0 Å². The van der Waals surface area contributed by atoms with Gasteiger partial charge in [0.05, 0.1) is 0 Å². The fourth-order valence-corrected chi connectivity index (χ4v) is 0.541. The quantitative estimate of drug-likeness (QED) is 0.498. The van der Waals surface area contributed by atoms with Gasteiger partial charge in [0.2, 0.25) is 0 Å². The molecule has 68 valence electrons. The van der Waals surface area contributed by atoms with Crippen LogP contribution in [0.4, 0.5) is 0 Å². The van der Waals surface area contributed by atoms with Crippen molar-refractivity contribution in [2.75, 3.05) is 0 Å². The van der Waals surface area contributed by atoms with Gasteiger partial charge in [-0.25, -0.2) is 0 Å². The topological polar surface area (TPSA) is 40.5 Å². The Balaban J connectivity index is 4.04. The molecule has 0 bridgehead atoms. The molecule has 0 aromatic carbocycles. The van der Waals surface area contributed by atoms with Crippen molar-refractivity contribution in [1.82, 2.24) is 0 Å². The van der Waals surface area contributed by atoms with Gasteiger partial charge in [0.15, 0.2) is 6.29 Å². The Hall–Kier alpha value is -0.860. The van der Waals surface area contributed by atoms with Crippen molar-refractivity contribution in [1.29, 1.82) is 0 Å². The SMILES string of the molecule is CC(C)=C/C=C/C=C(\C)C(O)O. The molecule has 0 aliphatic heterocycles. The summed E-state index contributed by atoms with van der Waals surface area (Å²) in [4.78, 5) is 0. The maximum absolute atomic E-state index is 8.67. The average Bonchev–Trinajstić information content (AvgIpc) is 1.97. The monoisotopic (exact) mass is 168 g/mol. The van der Waals surface area contributed by atoms with Crippen molar-refractivity contribution in [2.45, 2.75) is 27.1 Å². The van der Waals surface area contributed by atoms with Crippen LogP contribution >= 0.6 is 0 Å². The van der Waals surface area contributed by atoms with Gasteiger partial charge in [-0.05, 0) is 26.3 Å². The van der Waals surface area contributed by atoms with Gasteiger partial charge in [0.1, 0.15) is 0 Å². The van der Waals surface area contributed by atoms with E-state index in [0.29, 0.717) is 5.57 Å². The Morgan fingerprint density at radius 2 is 1.50 bits per heavy atom. The lowest BCUT2D eigenvalue weighted by molar-refractivity contribution is -0.00760.